The van der Waals surface area contributed by atoms with Crippen LogP contribution in [0.5, 0.6) is 0 Å². The summed E-state index contributed by atoms with van der Waals surface area (Å²) in [5, 5.41) is 9.08. The Morgan fingerprint density at radius 3 is 2.92 bits per heavy atom. The number of halogens is 3. The summed E-state index contributed by atoms with van der Waals surface area (Å²) in [5.41, 5.74) is -0.109. The molecule has 2 aromatic rings. The minimum Gasteiger partial charge on any atom is -0.335 e. The smallest absolute Gasteiger partial charge is 0.322 e. The van der Waals surface area contributed by atoms with Gasteiger partial charge in [0, 0.05) is 28.5 Å². The van der Waals surface area contributed by atoms with Crippen molar-refractivity contribution in [2.75, 3.05) is 5.32 Å². The van der Waals surface area contributed by atoms with Crippen LogP contribution in [0.1, 0.15) is 31.4 Å². The highest BCUT2D eigenvalue weighted by molar-refractivity contribution is 9.10. The molecule has 7 nitrogen and oxygen atoms in total. The molecule has 2 aliphatic rings. The second-order valence-corrected chi connectivity index (χ2v) is 7.85. The largest absolute Gasteiger partial charge is 0.335 e. The second kappa shape index (κ2) is 6.26. The third-order valence-electron chi connectivity index (χ3n) is 5.01. The van der Waals surface area contributed by atoms with Crippen LogP contribution in [0.4, 0.5) is 19.5 Å². The standard InChI is InChI=1S/C16H16BrF2N5O2/c17-10-1-2-12(20-6-10)7-24-8-13(26-23-24)22-14(25)21-11-3-4-15(5-11)9-16(15,18)19/h1-2,6,8,11H,3-5,7,9H2,(H-,21,22,23,25)/p+1. The Bertz CT molecular complexity index is 828. The molecule has 26 heavy (non-hydrogen) atoms. The van der Waals surface area contributed by atoms with Crippen LogP contribution in [0.25, 0.3) is 0 Å². The summed E-state index contributed by atoms with van der Waals surface area (Å²) in [4.78, 5) is 16.3. The lowest BCUT2D eigenvalue weighted by atomic mass is 10.1. The topological polar surface area (TPSA) is 83.9 Å². The van der Waals surface area contributed by atoms with Gasteiger partial charge in [0.1, 0.15) is 5.69 Å². The quantitative estimate of drug-likeness (QED) is 0.733. The maximum Gasteiger partial charge on any atom is 0.322 e. The first-order valence-corrected chi connectivity index (χ1v) is 9.07. The van der Waals surface area contributed by atoms with E-state index in [-0.39, 0.29) is 18.3 Å². The summed E-state index contributed by atoms with van der Waals surface area (Å²) < 4.78 is 34.2. The normalized spacial score (nSPS) is 26.0. The first kappa shape index (κ1) is 17.3. The SMILES string of the molecule is O=C(Nc1c[n+](Cc2ccc(Br)cn2)no1)NC1CCC2(C1)CC2(F)F. The van der Waals surface area contributed by atoms with Crippen LogP contribution in [0.3, 0.4) is 0 Å². The molecule has 0 saturated heterocycles. The monoisotopic (exact) mass is 428 g/mol. The number of nitrogens with zero attached hydrogens (tertiary/aromatic N) is 3. The molecule has 2 unspecified atom stereocenters. The summed E-state index contributed by atoms with van der Waals surface area (Å²) in [6.07, 6.45) is 4.49. The number of hydrogen-bond acceptors (Lipinski definition) is 4. The zero-order chi connectivity index (χ0) is 18.4. The Balaban J connectivity index is 1.29. The number of rotatable bonds is 4. The molecule has 2 amide bonds. The molecule has 0 aromatic carbocycles. The van der Waals surface area contributed by atoms with E-state index >= 15 is 0 Å². The lowest BCUT2D eigenvalue weighted by molar-refractivity contribution is -0.755. The number of alkyl halides is 2. The fourth-order valence-electron chi connectivity index (χ4n) is 3.53. The Morgan fingerprint density at radius 2 is 2.27 bits per heavy atom. The van der Waals surface area contributed by atoms with E-state index in [4.69, 9.17) is 4.52 Å². The summed E-state index contributed by atoms with van der Waals surface area (Å²) in [6.45, 7) is 0.389. The summed E-state index contributed by atoms with van der Waals surface area (Å²) in [5.74, 6) is -2.40. The van der Waals surface area contributed by atoms with Crippen LogP contribution in [0, 0.1) is 5.41 Å². The minimum atomic E-state index is -2.57. The average Bonchev–Trinajstić information content (AvgIpc) is 2.94. The van der Waals surface area contributed by atoms with Crippen molar-refractivity contribution < 1.29 is 22.8 Å². The van der Waals surface area contributed by atoms with Crippen LogP contribution in [0.15, 0.2) is 33.5 Å². The van der Waals surface area contributed by atoms with Crippen molar-refractivity contribution in [1.29, 1.82) is 0 Å². The average molecular weight is 429 g/mol. The number of aromatic nitrogens is 3. The van der Waals surface area contributed by atoms with E-state index in [1.165, 1.54) is 10.9 Å². The first-order valence-electron chi connectivity index (χ1n) is 8.27. The highest BCUT2D eigenvalue weighted by Crippen LogP contribution is 2.68. The molecule has 2 heterocycles. The van der Waals surface area contributed by atoms with Gasteiger partial charge in [-0.05, 0) is 52.0 Å². The fraction of sp³-hybridized carbons (Fsp3) is 0.500. The molecule has 2 aliphatic carbocycles. The highest BCUT2D eigenvalue weighted by atomic mass is 79.9. The van der Waals surface area contributed by atoms with Gasteiger partial charge in [0.15, 0.2) is 0 Å². The fourth-order valence-corrected chi connectivity index (χ4v) is 3.77. The maximum absolute atomic E-state index is 13.4. The van der Waals surface area contributed by atoms with Gasteiger partial charge < -0.3 is 5.32 Å². The van der Waals surface area contributed by atoms with Gasteiger partial charge in [-0.1, -0.05) is 0 Å². The molecule has 2 fully saturated rings. The van der Waals surface area contributed by atoms with Crippen LogP contribution >= 0.6 is 15.9 Å². The molecule has 2 aromatic heterocycles. The van der Waals surface area contributed by atoms with Gasteiger partial charge >= 0.3 is 11.9 Å². The van der Waals surface area contributed by atoms with E-state index in [0.29, 0.717) is 25.8 Å². The summed E-state index contributed by atoms with van der Waals surface area (Å²) >= 11 is 3.32. The number of urea groups is 1. The minimum absolute atomic E-state index is 0.0635. The zero-order valence-corrected chi connectivity index (χ0v) is 15.3. The van der Waals surface area contributed by atoms with Crippen LogP contribution in [-0.4, -0.2) is 28.3 Å². The zero-order valence-electron chi connectivity index (χ0n) is 13.7. The first-order chi connectivity index (χ1) is 12.4. The molecule has 0 bridgehead atoms. The van der Waals surface area contributed by atoms with E-state index < -0.39 is 17.4 Å². The molecule has 4 rings (SSSR count). The number of amides is 2. The van der Waals surface area contributed by atoms with E-state index in [1.807, 2.05) is 12.1 Å². The Kier molecular flexibility index (Phi) is 4.17. The molecule has 2 atom stereocenters. The van der Waals surface area contributed by atoms with Gasteiger partial charge in [-0.2, -0.15) is 0 Å². The maximum atomic E-state index is 13.4. The van der Waals surface area contributed by atoms with Crippen molar-refractivity contribution in [2.24, 2.45) is 5.41 Å². The number of anilines is 1. The Morgan fingerprint density at radius 1 is 1.46 bits per heavy atom. The van der Waals surface area contributed by atoms with Crippen molar-refractivity contribution in [3.63, 3.8) is 0 Å². The van der Waals surface area contributed by atoms with Crippen LogP contribution in [-0.2, 0) is 6.54 Å². The molecule has 2 N–H and O–H groups in total. The van der Waals surface area contributed by atoms with E-state index in [1.54, 1.807) is 6.20 Å². The molecular weight excluding hydrogens is 412 g/mol. The van der Waals surface area contributed by atoms with E-state index in [2.05, 4.69) is 36.8 Å². The third-order valence-corrected chi connectivity index (χ3v) is 5.48. The van der Waals surface area contributed by atoms with Gasteiger partial charge in [-0.15, -0.1) is 0 Å². The number of carbonyl (C=O) groups excluding carboxylic acids is 1. The number of hydrogen-bond donors (Lipinski definition) is 2. The Hall–Kier alpha value is -2.10. The third kappa shape index (κ3) is 3.42. The molecule has 1 spiro atoms. The van der Waals surface area contributed by atoms with Crippen molar-refractivity contribution >= 4 is 27.8 Å². The second-order valence-electron chi connectivity index (χ2n) is 6.93. The van der Waals surface area contributed by atoms with Gasteiger partial charge in [0.2, 0.25) is 11.8 Å². The van der Waals surface area contributed by atoms with Gasteiger partial charge in [-0.3, -0.25) is 14.8 Å². The van der Waals surface area contributed by atoms with Crippen LogP contribution in [0.2, 0.25) is 0 Å². The van der Waals surface area contributed by atoms with Gasteiger partial charge in [-0.25, -0.2) is 13.6 Å². The van der Waals surface area contributed by atoms with Crippen LogP contribution < -0.4 is 15.3 Å². The lowest BCUT2D eigenvalue weighted by Crippen LogP contribution is -2.37. The molecule has 2 saturated carbocycles. The number of carbonyl (C=O) groups is 1. The molecule has 0 radical (unpaired) electrons. The predicted molar refractivity (Wildman–Crippen MR) is 89.5 cm³/mol. The van der Waals surface area contributed by atoms with Gasteiger partial charge in [0.25, 0.3) is 12.1 Å². The van der Waals surface area contributed by atoms with Gasteiger partial charge in [0.05, 0.1) is 0 Å². The van der Waals surface area contributed by atoms with Crippen molar-refractivity contribution in [3.8, 4) is 0 Å². The van der Waals surface area contributed by atoms with Crippen molar-refractivity contribution in [3.05, 3.63) is 34.7 Å². The molecule has 0 aliphatic heterocycles. The highest BCUT2D eigenvalue weighted by Gasteiger charge is 2.72. The lowest BCUT2D eigenvalue weighted by Gasteiger charge is -2.12. The predicted octanol–water partition coefficient (Wildman–Crippen LogP) is 2.87. The summed E-state index contributed by atoms with van der Waals surface area (Å²) in [6, 6.07) is 2.98. The summed E-state index contributed by atoms with van der Waals surface area (Å²) in [7, 11) is 0. The Labute approximate surface area is 156 Å². The molecule has 10 heteroatoms. The number of pyridine rings is 1. The van der Waals surface area contributed by atoms with E-state index in [0.717, 1.165) is 10.2 Å². The van der Waals surface area contributed by atoms with Crippen molar-refractivity contribution in [2.45, 2.75) is 44.2 Å². The van der Waals surface area contributed by atoms with Crippen molar-refractivity contribution in [1.82, 2.24) is 15.6 Å². The number of nitrogens with one attached hydrogen (secondary N) is 2. The van der Waals surface area contributed by atoms with E-state index in [9.17, 15) is 13.6 Å². The molecular formula is C16H17BrF2N5O2+. The molecule has 138 valence electrons.